The molecule has 1 saturated carbocycles. The number of nitrogens with one attached hydrogen (secondary N) is 1. The third kappa shape index (κ3) is 5.10. The number of para-hydroxylation sites is 1. The lowest BCUT2D eigenvalue weighted by Crippen LogP contribution is -2.39. The zero-order valence-corrected chi connectivity index (χ0v) is 18.9. The summed E-state index contributed by atoms with van der Waals surface area (Å²) in [5.41, 5.74) is 2.74. The van der Waals surface area contributed by atoms with Gasteiger partial charge in [0.2, 0.25) is 11.8 Å². The highest BCUT2D eigenvalue weighted by molar-refractivity contribution is 5.94. The minimum Gasteiger partial charge on any atom is -0.336 e. The first-order valence-electron chi connectivity index (χ1n) is 10.9. The fourth-order valence-electron chi connectivity index (χ4n) is 3.96. The van der Waals surface area contributed by atoms with E-state index in [9.17, 15) is 9.59 Å². The molecule has 6 nitrogen and oxygen atoms in total. The molecule has 1 heterocycles. The third-order valence-corrected chi connectivity index (χ3v) is 5.80. The Balaban J connectivity index is 1.78. The average molecular weight is 411 g/mol. The van der Waals surface area contributed by atoms with Gasteiger partial charge in [0.15, 0.2) is 0 Å². The molecule has 1 aliphatic rings. The van der Waals surface area contributed by atoms with Crippen molar-refractivity contribution in [2.45, 2.75) is 65.2 Å². The highest BCUT2D eigenvalue weighted by Gasteiger charge is 2.26. The summed E-state index contributed by atoms with van der Waals surface area (Å²) in [7, 11) is 1.72. The van der Waals surface area contributed by atoms with Crippen LogP contribution in [0.25, 0.3) is 5.69 Å². The number of aryl methyl sites for hydroxylation is 1. The van der Waals surface area contributed by atoms with Gasteiger partial charge in [0, 0.05) is 24.4 Å². The lowest BCUT2D eigenvalue weighted by Gasteiger charge is -2.26. The first-order chi connectivity index (χ1) is 14.2. The lowest BCUT2D eigenvalue weighted by molar-refractivity contribution is -0.137. The van der Waals surface area contributed by atoms with Crippen LogP contribution in [-0.4, -0.2) is 40.1 Å². The van der Waals surface area contributed by atoms with Crippen LogP contribution >= 0.6 is 0 Å². The molecule has 0 spiro atoms. The summed E-state index contributed by atoms with van der Waals surface area (Å²) in [6.45, 7) is 8.36. The van der Waals surface area contributed by atoms with Gasteiger partial charge in [-0.1, -0.05) is 58.2 Å². The van der Waals surface area contributed by atoms with Gasteiger partial charge in [0.1, 0.15) is 5.82 Å². The molecule has 2 aromatic rings. The molecule has 0 atom stereocenters. The number of anilines is 1. The van der Waals surface area contributed by atoms with E-state index in [1.54, 1.807) is 16.6 Å². The first kappa shape index (κ1) is 22.1. The molecule has 6 heteroatoms. The average Bonchev–Trinajstić information content (AvgIpc) is 3.12. The minimum absolute atomic E-state index is 0.0408. The maximum Gasteiger partial charge on any atom is 0.245 e. The molecular weight excluding hydrogens is 376 g/mol. The number of amides is 2. The predicted octanol–water partition coefficient (Wildman–Crippen LogP) is 4.46. The van der Waals surface area contributed by atoms with Gasteiger partial charge in [-0.05, 0) is 31.4 Å². The Morgan fingerprint density at radius 1 is 1.17 bits per heavy atom. The maximum atomic E-state index is 12.8. The highest BCUT2D eigenvalue weighted by atomic mass is 16.2. The topological polar surface area (TPSA) is 67.2 Å². The molecule has 30 heavy (non-hydrogen) atoms. The molecular formula is C24H34N4O2. The fraction of sp³-hybridized carbons (Fsp3) is 0.542. The van der Waals surface area contributed by atoms with E-state index in [0.29, 0.717) is 5.82 Å². The zero-order valence-electron chi connectivity index (χ0n) is 18.9. The second kappa shape index (κ2) is 9.02. The van der Waals surface area contributed by atoms with Crippen molar-refractivity contribution < 1.29 is 9.59 Å². The number of hydrogen-bond acceptors (Lipinski definition) is 3. The Morgan fingerprint density at radius 3 is 2.47 bits per heavy atom. The Bertz CT molecular complexity index is 904. The first-order valence-corrected chi connectivity index (χ1v) is 10.9. The van der Waals surface area contributed by atoms with E-state index in [1.165, 1.54) is 6.42 Å². The number of carbonyl (C=O) groups is 2. The molecule has 1 aromatic heterocycles. The van der Waals surface area contributed by atoms with E-state index in [0.717, 1.165) is 42.6 Å². The van der Waals surface area contributed by atoms with Gasteiger partial charge < -0.3 is 10.2 Å². The second-order valence-electron chi connectivity index (χ2n) is 9.44. The van der Waals surface area contributed by atoms with Crippen molar-refractivity contribution >= 4 is 17.6 Å². The lowest BCUT2D eigenvalue weighted by atomic mass is 9.88. The standard InChI is InChI=1S/C24H34N4O2/c1-17-11-9-10-14-19(17)28-21(15-20(26-28)24(2,3)4)25-22(29)16-27(5)23(30)18-12-7-6-8-13-18/h9-11,14-15,18H,6-8,12-13,16H2,1-5H3,(H,25,29). The Labute approximate surface area is 179 Å². The van der Waals surface area contributed by atoms with Crippen molar-refractivity contribution in [2.75, 3.05) is 18.9 Å². The molecule has 0 saturated heterocycles. The molecule has 162 valence electrons. The van der Waals surface area contributed by atoms with Crippen LogP contribution in [0.2, 0.25) is 0 Å². The highest BCUT2D eigenvalue weighted by Crippen LogP contribution is 2.28. The SMILES string of the molecule is Cc1ccccc1-n1nc(C(C)(C)C)cc1NC(=O)CN(C)C(=O)C1CCCCC1. The number of likely N-dealkylation sites (N-methyl/N-ethyl adjacent to an activating group) is 1. The third-order valence-electron chi connectivity index (χ3n) is 5.80. The molecule has 1 aromatic carbocycles. The summed E-state index contributed by atoms with van der Waals surface area (Å²) in [5, 5.41) is 7.76. The van der Waals surface area contributed by atoms with Crippen molar-refractivity contribution in [1.29, 1.82) is 0 Å². The largest absolute Gasteiger partial charge is 0.336 e. The van der Waals surface area contributed by atoms with Crippen molar-refractivity contribution in [3.05, 3.63) is 41.6 Å². The Morgan fingerprint density at radius 2 is 1.83 bits per heavy atom. The number of carbonyl (C=O) groups excluding carboxylic acids is 2. The normalized spacial score (nSPS) is 15.1. The molecule has 3 rings (SSSR count). The van der Waals surface area contributed by atoms with Gasteiger partial charge in [-0.25, -0.2) is 4.68 Å². The van der Waals surface area contributed by atoms with Crippen LogP contribution in [0, 0.1) is 12.8 Å². The van der Waals surface area contributed by atoms with Crippen LogP contribution in [-0.2, 0) is 15.0 Å². The van der Waals surface area contributed by atoms with Gasteiger partial charge in [0.25, 0.3) is 0 Å². The summed E-state index contributed by atoms with van der Waals surface area (Å²) >= 11 is 0. The summed E-state index contributed by atoms with van der Waals surface area (Å²) in [5.74, 6) is 0.545. The van der Waals surface area contributed by atoms with Crippen LogP contribution in [0.1, 0.15) is 64.1 Å². The molecule has 0 radical (unpaired) electrons. The predicted molar refractivity (Wildman–Crippen MR) is 120 cm³/mol. The minimum atomic E-state index is -0.211. The van der Waals surface area contributed by atoms with E-state index in [1.807, 2.05) is 37.3 Å². The van der Waals surface area contributed by atoms with Gasteiger partial charge in [-0.2, -0.15) is 5.10 Å². The second-order valence-corrected chi connectivity index (χ2v) is 9.44. The fourth-order valence-corrected chi connectivity index (χ4v) is 3.96. The summed E-state index contributed by atoms with van der Waals surface area (Å²) in [4.78, 5) is 27.0. The summed E-state index contributed by atoms with van der Waals surface area (Å²) < 4.78 is 1.79. The van der Waals surface area contributed by atoms with Gasteiger partial charge in [-0.15, -0.1) is 0 Å². The maximum absolute atomic E-state index is 12.8. The summed E-state index contributed by atoms with van der Waals surface area (Å²) in [6.07, 6.45) is 5.26. The Kier molecular flexibility index (Phi) is 6.64. The zero-order chi connectivity index (χ0) is 21.9. The smallest absolute Gasteiger partial charge is 0.245 e. The van der Waals surface area contributed by atoms with Crippen molar-refractivity contribution in [3.8, 4) is 5.69 Å². The van der Waals surface area contributed by atoms with E-state index < -0.39 is 0 Å². The van der Waals surface area contributed by atoms with Crippen LogP contribution < -0.4 is 5.32 Å². The van der Waals surface area contributed by atoms with Crippen LogP contribution in [0.3, 0.4) is 0 Å². The number of hydrogen-bond donors (Lipinski definition) is 1. The van der Waals surface area contributed by atoms with Gasteiger partial charge in [0.05, 0.1) is 17.9 Å². The van der Waals surface area contributed by atoms with E-state index in [-0.39, 0.29) is 29.7 Å². The Hall–Kier alpha value is -2.63. The van der Waals surface area contributed by atoms with E-state index in [4.69, 9.17) is 5.10 Å². The van der Waals surface area contributed by atoms with E-state index >= 15 is 0 Å². The monoisotopic (exact) mass is 410 g/mol. The summed E-state index contributed by atoms with van der Waals surface area (Å²) in [6, 6.07) is 9.88. The van der Waals surface area contributed by atoms with Crippen molar-refractivity contribution in [2.24, 2.45) is 5.92 Å². The molecule has 0 unspecified atom stereocenters. The number of rotatable bonds is 5. The van der Waals surface area contributed by atoms with E-state index in [2.05, 4.69) is 26.1 Å². The molecule has 0 bridgehead atoms. The number of nitrogens with zero attached hydrogens (tertiary/aromatic N) is 3. The van der Waals surface area contributed by atoms with Crippen LogP contribution in [0.4, 0.5) is 5.82 Å². The quantitative estimate of drug-likeness (QED) is 0.792. The molecule has 1 N–H and O–H groups in total. The van der Waals surface area contributed by atoms with Gasteiger partial charge in [-0.3, -0.25) is 9.59 Å². The van der Waals surface area contributed by atoms with Crippen molar-refractivity contribution in [1.82, 2.24) is 14.7 Å². The molecule has 1 fully saturated rings. The van der Waals surface area contributed by atoms with Crippen LogP contribution in [0.15, 0.2) is 30.3 Å². The number of benzene rings is 1. The molecule has 1 aliphatic carbocycles. The van der Waals surface area contributed by atoms with Crippen LogP contribution in [0.5, 0.6) is 0 Å². The molecule has 0 aliphatic heterocycles. The molecule has 2 amide bonds. The van der Waals surface area contributed by atoms with Gasteiger partial charge >= 0.3 is 0 Å². The number of aromatic nitrogens is 2. The van der Waals surface area contributed by atoms with Crippen molar-refractivity contribution in [3.63, 3.8) is 0 Å².